The van der Waals surface area contributed by atoms with E-state index in [2.05, 4.69) is 206 Å². The number of hydrogen-bond acceptors (Lipinski definition) is 2. The van der Waals surface area contributed by atoms with Crippen molar-refractivity contribution in [2.75, 3.05) is 0 Å². The summed E-state index contributed by atoms with van der Waals surface area (Å²) < 4.78 is 14.4. The van der Waals surface area contributed by atoms with Gasteiger partial charge in [-0.2, -0.15) is 0 Å². The first kappa shape index (κ1) is 34.7. The molecule has 0 saturated carbocycles. The van der Waals surface area contributed by atoms with Gasteiger partial charge in [-0.1, -0.05) is 170 Å². The highest BCUT2D eigenvalue weighted by Gasteiger charge is 2.30. The lowest BCUT2D eigenvalue weighted by molar-refractivity contribution is 0.647. The summed E-state index contributed by atoms with van der Waals surface area (Å²) >= 11 is 0. The minimum absolute atomic E-state index is 0.868. The molecule has 0 bridgehead atoms. The first-order valence-electron chi connectivity index (χ1n) is 22.8. The van der Waals surface area contributed by atoms with Gasteiger partial charge < -0.3 is 8.83 Å². The van der Waals surface area contributed by atoms with Gasteiger partial charge in [0.25, 0.3) is 0 Å². The van der Waals surface area contributed by atoms with E-state index in [1.54, 1.807) is 0 Å². The molecule has 0 N–H and O–H groups in total. The van der Waals surface area contributed by atoms with Crippen LogP contribution in [0, 0.1) is 0 Å². The monoisotopic (exact) mass is 834 g/mol. The zero-order valence-electron chi connectivity index (χ0n) is 35.4. The molecular weight excluding hydrogens is 801 g/mol. The highest BCUT2D eigenvalue weighted by atomic mass is 16.3. The van der Waals surface area contributed by atoms with Crippen LogP contribution in [0.5, 0.6) is 0 Å². The third-order valence-corrected chi connectivity index (χ3v) is 15.0. The highest BCUT2D eigenvalue weighted by molar-refractivity contribution is 6.43. The first-order chi connectivity index (χ1) is 32.8. The molecule has 0 atom stereocenters. The third-order valence-electron chi connectivity index (χ3n) is 15.0. The summed E-state index contributed by atoms with van der Waals surface area (Å²) in [5.41, 5.74) is 15.6. The Balaban J connectivity index is 0.986. The Labute approximate surface area is 377 Å². The van der Waals surface area contributed by atoms with Gasteiger partial charge in [0, 0.05) is 32.7 Å². The quantitative estimate of drug-likeness (QED) is 0.130. The Bertz CT molecular complexity index is 4310. The number of rotatable bonds is 4. The van der Waals surface area contributed by atoms with E-state index in [4.69, 9.17) is 8.83 Å². The maximum Gasteiger partial charge on any atom is 0.136 e. The lowest BCUT2D eigenvalue weighted by Crippen LogP contribution is -1.98. The molecule has 0 fully saturated rings. The molecule has 2 nitrogen and oxygen atoms in total. The van der Waals surface area contributed by atoms with E-state index in [0.29, 0.717) is 0 Å². The molecule has 0 aliphatic carbocycles. The van der Waals surface area contributed by atoms with Gasteiger partial charge in [0.2, 0.25) is 0 Å². The van der Waals surface area contributed by atoms with Crippen molar-refractivity contribution >= 4 is 109 Å². The minimum Gasteiger partial charge on any atom is -0.456 e. The van der Waals surface area contributed by atoms with E-state index < -0.39 is 0 Å². The smallest absolute Gasteiger partial charge is 0.136 e. The van der Waals surface area contributed by atoms with E-state index in [0.717, 1.165) is 44.2 Å². The van der Waals surface area contributed by atoms with Crippen molar-refractivity contribution in [2.24, 2.45) is 0 Å². The summed E-state index contributed by atoms with van der Waals surface area (Å²) in [5.74, 6) is 0. The molecule has 14 aromatic carbocycles. The molecule has 0 saturated heterocycles. The van der Waals surface area contributed by atoms with Crippen LogP contribution in [-0.4, -0.2) is 0 Å². The van der Waals surface area contributed by atoms with Crippen LogP contribution in [0.4, 0.5) is 0 Å². The predicted molar refractivity (Wildman–Crippen MR) is 278 cm³/mol. The van der Waals surface area contributed by atoms with Crippen LogP contribution in [0.25, 0.3) is 164 Å². The fraction of sp³-hybridized carbons (Fsp3) is 0. The van der Waals surface area contributed by atoms with Crippen molar-refractivity contribution in [3.63, 3.8) is 0 Å². The van der Waals surface area contributed by atoms with E-state index in [9.17, 15) is 0 Å². The lowest BCUT2D eigenvalue weighted by atomic mass is 9.81. The van der Waals surface area contributed by atoms with Crippen LogP contribution in [0.1, 0.15) is 0 Å². The molecule has 2 heterocycles. The molecule has 0 aromatic heterocycles. The van der Waals surface area contributed by atoms with E-state index in [1.807, 2.05) is 0 Å². The largest absolute Gasteiger partial charge is 0.456 e. The molecule has 14 aromatic rings. The molecule has 16 rings (SSSR count). The first-order valence-corrected chi connectivity index (χ1v) is 22.8. The van der Waals surface area contributed by atoms with Crippen LogP contribution in [0.3, 0.4) is 0 Å². The molecule has 2 heteroatoms. The van der Waals surface area contributed by atoms with Gasteiger partial charge in [0.15, 0.2) is 0 Å². The molecule has 2 aliphatic heterocycles. The van der Waals surface area contributed by atoms with E-state index in [1.165, 1.54) is 120 Å². The van der Waals surface area contributed by atoms with Gasteiger partial charge in [0.1, 0.15) is 22.3 Å². The molecule has 0 amide bonds. The molecule has 302 valence electrons. The van der Waals surface area contributed by atoms with Crippen molar-refractivity contribution in [3.8, 4) is 55.6 Å². The second-order valence-corrected chi connectivity index (χ2v) is 18.1. The van der Waals surface area contributed by atoms with Crippen molar-refractivity contribution < 1.29 is 8.83 Å². The van der Waals surface area contributed by atoms with Crippen LogP contribution in [0.2, 0.25) is 0 Å². The van der Waals surface area contributed by atoms with Gasteiger partial charge >= 0.3 is 0 Å². The standard InChI is InChI=1S/C64H34O2/c1-3-13-35(14-4-1)37-17-7-9-19-39(37)41-25-27-49-51-33-55-63-61-53(31-29-47(59(51)61)45-23-11-21-43(41)57(45)49)66-56-34-52-50-28-26-42(40-20-10-8-18-38(40)36-15-5-2-6-16-36)44-22-12-24-46(58(44)50)48-30-32-54(65-55)62(60(48)52)64(56)63/h1-34H. The lowest BCUT2D eigenvalue weighted by Gasteiger charge is -2.25. The predicted octanol–water partition coefficient (Wildman–Crippen LogP) is 18.5. The molecule has 0 spiro atoms. The van der Waals surface area contributed by atoms with E-state index in [-0.39, 0.29) is 0 Å². The summed E-state index contributed by atoms with van der Waals surface area (Å²) in [4.78, 5) is 0. The second-order valence-electron chi connectivity index (χ2n) is 18.1. The maximum atomic E-state index is 7.20. The Morgan fingerprint density at radius 3 is 1.02 bits per heavy atom. The Kier molecular flexibility index (Phi) is 6.58. The van der Waals surface area contributed by atoms with Crippen LogP contribution < -0.4 is 0 Å². The van der Waals surface area contributed by atoms with Gasteiger partial charge in [-0.25, -0.2) is 0 Å². The van der Waals surface area contributed by atoms with Crippen molar-refractivity contribution in [2.45, 2.75) is 0 Å². The average molecular weight is 835 g/mol. The fourth-order valence-corrected chi connectivity index (χ4v) is 12.3. The van der Waals surface area contributed by atoms with Gasteiger partial charge in [-0.15, -0.1) is 0 Å². The summed E-state index contributed by atoms with van der Waals surface area (Å²) in [6.07, 6.45) is 0. The third kappa shape index (κ3) is 4.36. The number of hydrogen-bond donors (Lipinski definition) is 0. The zero-order chi connectivity index (χ0) is 42.8. The summed E-state index contributed by atoms with van der Waals surface area (Å²) in [6.45, 7) is 0. The Morgan fingerprint density at radius 2 is 0.561 bits per heavy atom. The minimum atomic E-state index is 0.868. The van der Waals surface area contributed by atoms with E-state index >= 15 is 0 Å². The Hall–Kier alpha value is -8.72. The summed E-state index contributed by atoms with van der Waals surface area (Å²) in [6, 6.07) is 75.6. The number of benzene rings is 14. The molecule has 0 radical (unpaired) electrons. The van der Waals surface area contributed by atoms with Crippen molar-refractivity contribution in [1.29, 1.82) is 0 Å². The van der Waals surface area contributed by atoms with Crippen LogP contribution in [0.15, 0.2) is 215 Å². The topological polar surface area (TPSA) is 26.3 Å². The SMILES string of the molecule is c1ccc(-c2ccccc2-c2ccc3c4cc5oc6ccc7c8cccc9c(-c%10ccccc%10-c%10ccccc%10)ccc(c%10cc%11oc%12ccc(c%13cccc2c%133)c4c%12c5-c%11c6c7%10)c98)cc1. The zero-order valence-corrected chi connectivity index (χ0v) is 35.4. The van der Waals surface area contributed by atoms with Gasteiger partial charge in [-0.3, -0.25) is 0 Å². The summed E-state index contributed by atoms with van der Waals surface area (Å²) in [5, 5.41) is 19.5. The highest BCUT2D eigenvalue weighted by Crippen LogP contribution is 2.56. The van der Waals surface area contributed by atoms with Crippen molar-refractivity contribution in [3.05, 3.63) is 206 Å². The molecule has 66 heavy (non-hydrogen) atoms. The molecule has 2 aliphatic rings. The molecular formula is C64H34O2. The van der Waals surface area contributed by atoms with Crippen molar-refractivity contribution in [1.82, 2.24) is 0 Å². The Morgan fingerprint density at radius 1 is 0.197 bits per heavy atom. The van der Waals surface area contributed by atoms with Gasteiger partial charge in [0.05, 0.1) is 0 Å². The molecule has 0 unspecified atom stereocenters. The number of fused-ring (bicyclic) bond motifs is 4. The average Bonchev–Trinajstić information content (AvgIpc) is 3.38. The summed E-state index contributed by atoms with van der Waals surface area (Å²) in [7, 11) is 0. The van der Waals surface area contributed by atoms with Crippen LogP contribution >= 0.6 is 0 Å². The maximum absolute atomic E-state index is 7.20. The fourth-order valence-electron chi connectivity index (χ4n) is 12.3. The normalized spacial score (nSPS) is 12.5. The van der Waals surface area contributed by atoms with Gasteiger partial charge in [-0.05, 0) is 146 Å². The second kappa shape index (κ2) is 12.5. The van der Waals surface area contributed by atoms with Crippen LogP contribution in [-0.2, 0) is 0 Å².